The Hall–Kier alpha value is -11.4. The van der Waals surface area contributed by atoms with Gasteiger partial charge in [-0.15, -0.1) is 52.6 Å². The molecule has 0 N–H and O–H groups in total. The number of para-hydroxylation sites is 9. The number of aryl methyl sites for hydroxylation is 1. The Bertz CT molecular complexity index is 8030. The van der Waals surface area contributed by atoms with E-state index in [2.05, 4.69) is 513 Å². The molecule has 0 atom stereocenters. The van der Waals surface area contributed by atoms with Crippen molar-refractivity contribution in [1.29, 1.82) is 0 Å². The molecule has 134 heavy (non-hydrogen) atoms. The smallest absolute Gasteiger partial charge is 0.188 e. The first-order valence-corrected chi connectivity index (χ1v) is 54.9. The Morgan fingerprint density at radius 2 is 0.567 bits per heavy atom. The largest absolute Gasteiger partial charge is 0.319 e. The predicted molar refractivity (Wildman–Crippen MR) is 558 cm³/mol. The number of hydrogen-bond donors (Lipinski definition) is 0. The molecule has 12 nitrogen and oxygen atoms in total. The zero-order valence-electron chi connectivity index (χ0n) is 80.3. The number of imidazole rings is 3. The minimum absolute atomic E-state index is 0. The minimum atomic E-state index is -2.21. The molecular formula is C116H115N12Pt3Si3-3. The summed E-state index contributed by atoms with van der Waals surface area (Å²) < 4.78 is 20.5. The Balaban J connectivity index is 0.000000145. The van der Waals surface area contributed by atoms with Crippen LogP contribution in [0.3, 0.4) is 0 Å². The quantitative estimate of drug-likeness (QED) is 0.0852. The van der Waals surface area contributed by atoms with Crippen LogP contribution < -0.4 is 31.1 Å². The van der Waals surface area contributed by atoms with Gasteiger partial charge in [-0.25, -0.2) is 42.4 Å². The maximum absolute atomic E-state index is 4.88. The van der Waals surface area contributed by atoms with Gasteiger partial charge < -0.3 is 13.7 Å². The predicted octanol–water partition coefficient (Wildman–Crippen LogP) is 24.6. The van der Waals surface area contributed by atoms with Gasteiger partial charge in [0.2, 0.25) is 0 Å². The van der Waals surface area contributed by atoms with Crippen molar-refractivity contribution in [3.63, 3.8) is 0 Å². The second-order valence-electron chi connectivity index (χ2n) is 41.2. The molecule has 0 unspecified atom stereocenters. The third kappa shape index (κ3) is 17.5. The molecule has 0 fully saturated rings. The fraction of sp³-hybridized carbons (Fsp3) is 0.224. The van der Waals surface area contributed by atoms with Gasteiger partial charge in [0.15, 0.2) is 52.1 Å². The third-order valence-corrected chi connectivity index (χ3v) is 36.6. The fourth-order valence-electron chi connectivity index (χ4n) is 18.9. The van der Waals surface area contributed by atoms with Crippen molar-refractivity contribution < 1.29 is 63.2 Å². The van der Waals surface area contributed by atoms with Crippen molar-refractivity contribution in [2.75, 3.05) is 0 Å². The Morgan fingerprint density at radius 3 is 0.903 bits per heavy atom. The van der Waals surface area contributed by atoms with Crippen molar-refractivity contribution in [2.45, 2.75) is 164 Å². The van der Waals surface area contributed by atoms with Crippen molar-refractivity contribution in [3.8, 4) is 34.5 Å². The van der Waals surface area contributed by atoms with E-state index in [1.807, 2.05) is 18.6 Å². The summed E-state index contributed by atoms with van der Waals surface area (Å²) in [6.45, 7) is 45.9. The number of nitrogens with zero attached hydrogens (tertiary/aromatic N) is 12. The summed E-state index contributed by atoms with van der Waals surface area (Å²) in [6, 6.07) is 122. The average Bonchev–Trinajstić information content (AvgIpc) is 1.59. The molecule has 0 spiro atoms. The van der Waals surface area contributed by atoms with Gasteiger partial charge in [0.05, 0.1) is 35.8 Å². The Morgan fingerprint density at radius 1 is 0.284 bits per heavy atom. The molecule has 18 heteroatoms. The number of hydrogen-bond acceptors (Lipinski definition) is 3. The van der Waals surface area contributed by atoms with E-state index in [1.54, 1.807) is 0 Å². The molecule has 684 valence electrons. The van der Waals surface area contributed by atoms with Crippen molar-refractivity contribution in [1.82, 2.24) is 56.1 Å². The van der Waals surface area contributed by atoms with E-state index in [-0.39, 0.29) is 85.0 Å². The zero-order chi connectivity index (χ0) is 91.8. The van der Waals surface area contributed by atoms with E-state index in [1.165, 1.54) is 113 Å². The number of rotatable bonds is 13. The van der Waals surface area contributed by atoms with Gasteiger partial charge in [0.1, 0.15) is 17.5 Å². The van der Waals surface area contributed by atoms with E-state index in [9.17, 15) is 0 Å². The van der Waals surface area contributed by atoms with Gasteiger partial charge in [-0.2, -0.15) is 122 Å². The second-order valence-corrected chi connectivity index (χ2v) is 54.2. The molecule has 21 aromatic rings. The molecule has 0 aliphatic heterocycles. The molecule has 9 heterocycles. The van der Waals surface area contributed by atoms with Crippen LogP contribution in [-0.2, 0) is 92.0 Å². The van der Waals surface area contributed by atoms with Gasteiger partial charge >= 0.3 is 0 Å². The molecule has 21 rings (SSSR count). The summed E-state index contributed by atoms with van der Waals surface area (Å²) in [6.07, 6.45) is 12.4. The molecule has 0 amide bonds. The van der Waals surface area contributed by atoms with E-state index in [4.69, 9.17) is 15.0 Å². The van der Waals surface area contributed by atoms with Crippen LogP contribution in [0.15, 0.2) is 311 Å². The fourth-order valence-corrected chi connectivity index (χ4v) is 25.4. The monoisotopic (exact) mass is 2340 g/mol. The zero-order valence-corrected chi connectivity index (χ0v) is 90.2. The van der Waals surface area contributed by atoms with Gasteiger partial charge in [0, 0.05) is 159 Å². The first kappa shape index (κ1) is 95.8. The second kappa shape index (κ2) is 36.7. The van der Waals surface area contributed by atoms with Crippen LogP contribution in [0.4, 0.5) is 0 Å². The molecule has 0 radical (unpaired) electrons. The number of benzene rings is 12. The summed E-state index contributed by atoms with van der Waals surface area (Å²) >= 11 is 0. The first-order valence-electron chi connectivity index (χ1n) is 45.9. The summed E-state index contributed by atoms with van der Waals surface area (Å²) in [5.41, 5.74) is 20.9. The summed E-state index contributed by atoms with van der Waals surface area (Å²) in [5.74, 6) is 2.80. The van der Waals surface area contributed by atoms with E-state index >= 15 is 0 Å². The van der Waals surface area contributed by atoms with Crippen molar-refractivity contribution in [2.24, 2.45) is 7.05 Å². The summed E-state index contributed by atoms with van der Waals surface area (Å²) in [7, 11) is -4.49. The molecule has 0 saturated heterocycles. The maximum atomic E-state index is 4.88. The number of fused-ring (bicyclic) bond motifs is 12. The summed E-state index contributed by atoms with van der Waals surface area (Å²) in [5, 5.41) is 14.8. The normalized spacial score (nSPS) is 12.4. The van der Waals surface area contributed by atoms with Gasteiger partial charge in [-0.05, 0) is 175 Å². The van der Waals surface area contributed by atoms with E-state index < -0.39 is 24.2 Å². The third-order valence-electron chi connectivity index (χ3n) is 26.8. The molecule has 9 aromatic heterocycles. The van der Waals surface area contributed by atoms with Crippen LogP contribution in [-0.4, -0.2) is 80.3 Å². The van der Waals surface area contributed by atoms with Crippen molar-refractivity contribution >= 4 is 154 Å². The molecule has 0 aliphatic carbocycles. The van der Waals surface area contributed by atoms with Gasteiger partial charge in [0.25, 0.3) is 0 Å². The van der Waals surface area contributed by atoms with Crippen LogP contribution in [0.1, 0.15) is 120 Å². The van der Waals surface area contributed by atoms with Crippen LogP contribution in [0, 0.1) is 36.4 Å². The Kier molecular flexibility index (Phi) is 26.2. The van der Waals surface area contributed by atoms with Gasteiger partial charge in [-0.1, -0.05) is 173 Å². The maximum Gasteiger partial charge on any atom is 0.188 e. The molecule has 0 aliphatic rings. The number of pyridine rings is 3. The van der Waals surface area contributed by atoms with Gasteiger partial charge in [-0.3, -0.25) is 0 Å². The SMILES string of the molecule is CC(C)(C)c1ccnc(-n2c3[c-]c([Si](C)(C)c4[c-]c(-n5[cH+]n(C(C)(C)C)c6ccccc65)ccc4)ccc3c3ccccc32)c1.CC(C)n1[cH+]n(-c2[c-]c([Si](C)(C)c3[c-]c4c(cc3)c3ccccc3n4-c3cc(C(C)(C)C)ccn3)ccc2)c2ccccc21.Cn1[cH+]n(-c2[c-]c([Si](C)(C)c3[c-]c4c(cc3)c3ccccc3n4-c3cc(C(C)(C)C)ccn3)ccc2)c2ccccc21.[Pt].[Pt].[Pt]. The first-order chi connectivity index (χ1) is 62.5. The summed E-state index contributed by atoms with van der Waals surface area (Å²) in [4.78, 5) is 14.6. The van der Waals surface area contributed by atoms with Crippen LogP contribution in [0.2, 0.25) is 39.3 Å². The average molecular weight is 2350 g/mol. The minimum Gasteiger partial charge on any atom is -0.319 e. The Labute approximate surface area is 834 Å². The topological polar surface area (TPSA) is 83.0 Å². The van der Waals surface area contributed by atoms with Crippen LogP contribution in [0.5, 0.6) is 0 Å². The van der Waals surface area contributed by atoms with E-state index in [0.717, 1.165) is 67.6 Å². The molecule has 0 saturated carbocycles. The molecule has 0 bridgehead atoms. The van der Waals surface area contributed by atoms with E-state index in [0.29, 0.717) is 6.04 Å². The molecule has 12 aromatic carbocycles. The van der Waals surface area contributed by atoms with Crippen LogP contribution in [0.25, 0.3) is 133 Å². The number of aromatic nitrogens is 12. The van der Waals surface area contributed by atoms with Crippen molar-refractivity contribution in [3.05, 3.63) is 364 Å². The standard InChI is InChI=1S/C40H41N4Si.C39H39N4Si.C37H35N4Si.3Pt/c1-39(2,3)28-22-23-41-38(24-28)44-34-17-10-9-16-32(34)33-21-20-31(26-37(33)44)45(7,8)30-15-13-14-29(25-30)42-27-43(40(4,5)6)36-19-12-11-18-35(36)42;1-27(2)41-26-42(36-18-11-10-17-35(36)41)29-13-12-14-30(24-29)44(6,7)31-19-20-33-32-15-8-9-16-34(32)43(37(33)25-31)38-23-28(21-22-40-38)39(3,4)5;1-37(2,3)26-20-21-38-36(22-26)41-32-15-8-7-14-30(32)31-19-18-29(24-35(31)41)42(5,6)28-13-11-12-27(23-28)40-25-39(4)33-16-9-10-17-34(33)40;;;/h9-24,27H,1-8H3;8-23,26-27H,1-7H3;7-22,25H,1-6H3;;;/q3*-1;;;. The molecular weight excluding hydrogens is 2230 g/mol. The van der Waals surface area contributed by atoms with Crippen LogP contribution >= 0.6 is 0 Å².